The number of nitrogens with one attached hydrogen (secondary N) is 1. The van der Waals surface area contributed by atoms with E-state index in [-0.39, 0.29) is 5.91 Å². The summed E-state index contributed by atoms with van der Waals surface area (Å²) in [5.74, 6) is 1.43. The molecule has 0 saturated carbocycles. The number of benzene rings is 2. The molecule has 0 aliphatic heterocycles. The van der Waals surface area contributed by atoms with Crippen molar-refractivity contribution in [3.05, 3.63) is 72.3 Å². The molecule has 0 saturated heterocycles. The Hall–Kier alpha value is -3.41. The van der Waals surface area contributed by atoms with Gasteiger partial charge in [0.15, 0.2) is 11.6 Å². The molecule has 6 heteroatoms. The largest absolute Gasteiger partial charge is 0.497 e. The number of aromatic nitrogens is 2. The standard InChI is InChI=1S/C19H18N4O2/c1-23(15-8-4-3-5-9-15)18-12-11-17(21-22-18)20-19(24)14-7-6-10-16(13-14)25-2/h3-13H,1-2H3,(H,20,21,24). The quantitative estimate of drug-likeness (QED) is 0.773. The molecule has 0 fully saturated rings. The third-order valence-corrected chi connectivity index (χ3v) is 3.71. The molecule has 0 atom stereocenters. The number of amides is 1. The van der Waals surface area contributed by atoms with Gasteiger partial charge in [0.05, 0.1) is 7.11 Å². The van der Waals surface area contributed by atoms with Crippen LogP contribution in [0.2, 0.25) is 0 Å². The fraction of sp³-hybridized carbons (Fsp3) is 0.105. The zero-order valence-electron chi connectivity index (χ0n) is 14.0. The lowest BCUT2D eigenvalue weighted by molar-refractivity contribution is 0.102. The summed E-state index contributed by atoms with van der Waals surface area (Å²) in [6.07, 6.45) is 0. The highest BCUT2D eigenvalue weighted by Crippen LogP contribution is 2.21. The number of rotatable bonds is 5. The second-order valence-corrected chi connectivity index (χ2v) is 5.36. The fourth-order valence-corrected chi connectivity index (χ4v) is 2.31. The van der Waals surface area contributed by atoms with Crippen LogP contribution in [0.4, 0.5) is 17.3 Å². The normalized spacial score (nSPS) is 10.2. The van der Waals surface area contributed by atoms with Crippen LogP contribution in [0.25, 0.3) is 0 Å². The van der Waals surface area contributed by atoms with Crippen LogP contribution < -0.4 is 15.0 Å². The van der Waals surface area contributed by atoms with E-state index in [0.29, 0.717) is 22.9 Å². The summed E-state index contributed by atoms with van der Waals surface area (Å²) in [5, 5.41) is 11.0. The van der Waals surface area contributed by atoms with Crippen molar-refractivity contribution < 1.29 is 9.53 Å². The van der Waals surface area contributed by atoms with E-state index in [9.17, 15) is 4.79 Å². The Morgan fingerprint density at radius 2 is 1.80 bits per heavy atom. The maximum Gasteiger partial charge on any atom is 0.256 e. The number of hydrogen-bond acceptors (Lipinski definition) is 5. The molecule has 126 valence electrons. The van der Waals surface area contributed by atoms with Crippen molar-refractivity contribution in [2.24, 2.45) is 0 Å². The second-order valence-electron chi connectivity index (χ2n) is 5.36. The first-order chi connectivity index (χ1) is 12.2. The average molecular weight is 334 g/mol. The van der Waals surface area contributed by atoms with Crippen LogP contribution in [0.15, 0.2) is 66.7 Å². The van der Waals surface area contributed by atoms with Crippen molar-refractivity contribution in [2.45, 2.75) is 0 Å². The van der Waals surface area contributed by atoms with E-state index in [1.807, 2.05) is 42.3 Å². The molecule has 0 radical (unpaired) electrons. The summed E-state index contributed by atoms with van der Waals surface area (Å²) in [6.45, 7) is 0. The molecule has 1 N–H and O–H groups in total. The van der Waals surface area contributed by atoms with Gasteiger partial charge in [-0.1, -0.05) is 24.3 Å². The number of hydrogen-bond donors (Lipinski definition) is 1. The molecule has 3 rings (SSSR count). The van der Waals surface area contributed by atoms with Crippen molar-refractivity contribution in [3.63, 3.8) is 0 Å². The zero-order valence-corrected chi connectivity index (χ0v) is 14.0. The van der Waals surface area contributed by atoms with Gasteiger partial charge in [-0.3, -0.25) is 4.79 Å². The van der Waals surface area contributed by atoms with Crippen LogP contribution in [-0.4, -0.2) is 30.3 Å². The lowest BCUT2D eigenvalue weighted by atomic mass is 10.2. The smallest absolute Gasteiger partial charge is 0.256 e. The zero-order chi connectivity index (χ0) is 17.6. The van der Waals surface area contributed by atoms with E-state index >= 15 is 0 Å². The molecular formula is C19H18N4O2. The van der Waals surface area contributed by atoms with Gasteiger partial charge in [-0.15, -0.1) is 10.2 Å². The lowest BCUT2D eigenvalue weighted by Crippen LogP contribution is -2.15. The molecule has 1 aromatic heterocycles. The number of carbonyl (C=O) groups is 1. The Morgan fingerprint density at radius 1 is 1.00 bits per heavy atom. The molecule has 0 aliphatic carbocycles. The monoisotopic (exact) mass is 334 g/mol. The highest BCUT2D eigenvalue weighted by Gasteiger charge is 2.10. The maximum absolute atomic E-state index is 12.3. The van der Waals surface area contributed by atoms with Gasteiger partial charge in [0.1, 0.15) is 5.75 Å². The number of nitrogens with zero attached hydrogens (tertiary/aromatic N) is 3. The third-order valence-electron chi connectivity index (χ3n) is 3.71. The number of para-hydroxylation sites is 1. The summed E-state index contributed by atoms with van der Waals surface area (Å²) in [5.41, 5.74) is 1.50. The minimum atomic E-state index is -0.266. The van der Waals surface area contributed by atoms with Gasteiger partial charge in [0.25, 0.3) is 5.91 Å². The predicted octanol–water partition coefficient (Wildman–Crippen LogP) is 3.51. The molecular weight excluding hydrogens is 316 g/mol. The minimum absolute atomic E-state index is 0.266. The van der Waals surface area contributed by atoms with Gasteiger partial charge in [0.2, 0.25) is 0 Å². The molecule has 6 nitrogen and oxygen atoms in total. The number of ether oxygens (including phenoxy) is 1. The lowest BCUT2D eigenvalue weighted by Gasteiger charge is -2.17. The average Bonchev–Trinajstić information content (AvgIpc) is 2.68. The Kier molecular flexibility index (Phi) is 4.89. The van der Waals surface area contributed by atoms with Gasteiger partial charge >= 0.3 is 0 Å². The summed E-state index contributed by atoms with van der Waals surface area (Å²) < 4.78 is 5.13. The first kappa shape index (κ1) is 16.4. The molecule has 3 aromatic rings. The van der Waals surface area contributed by atoms with Crippen molar-refractivity contribution >= 4 is 23.2 Å². The van der Waals surface area contributed by atoms with Crippen LogP contribution >= 0.6 is 0 Å². The Bertz CT molecular complexity index is 851. The maximum atomic E-state index is 12.3. The van der Waals surface area contributed by atoms with Crippen molar-refractivity contribution in [1.29, 1.82) is 0 Å². The first-order valence-electron chi connectivity index (χ1n) is 7.75. The van der Waals surface area contributed by atoms with E-state index in [4.69, 9.17) is 4.74 Å². The van der Waals surface area contributed by atoms with E-state index in [0.717, 1.165) is 5.69 Å². The summed E-state index contributed by atoms with van der Waals surface area (Å²) >= 11 is 0. The van der Waals surface area contributed by atoms with Crippen LogP contribution in [0.1, 0.15) is 10.4 Å². The van der Waals surface area contributed by atoms with E-state index in [2.05, 4.69) is 15.5 Å². The molecule has 1 heterocycles. The second kappa shape index (κ2) is 7.44. The molecule has 0 aliphatic rings. The minimum Gasteiger partial charge on any atom is -0.497 e. The summed E-state index contributed by atoms with van der Waals surface area (Å²) in [4.78, 5) is 14.2. The van der Waals surface area contributed by atoms with E-state index in [1.165, 1.54) is 0 Å². The van der Waals surface area contributed by atoms with Crippen molar-refractivity contribution in [3.8, 4) is 5.75 Å². The topological polar surface area (TPSA) is 67.3 Å². The molecule has 0 unspecified atom stereocenters. The summed E-state index contributed by atoms with van der Waals surface area (Å²) in [6, 6.07) is 20.3. The van der Waals surface area contributed by atoms with Gasteiger partial charge < -0.3 is 15.0 Å². The number of carbonyl (C=O) groups excluding carboxylic acids is 1. The SMILES string of the molecule is COc1cccc(C(=O)Nc2ccc(N(C)c3ccccc3)nn2)c1. The van der Waals surface area contributed by atoms with Crippen LogP contribution in [0, 0.1) is 0 Å². The van der Waals surface area contributed by atoms with Gasteiger partial charge in [0, 0.05) is 18.3 Å². The molecule has 2 aromatic carbocycles. The van der Waals surface area contributed by atoms with Crippen LogP contribution in [-0.2, 0) is 0 Å². The highest BCUT2D eigenvalue weighted by atomic mass is 16.5. The molecule has 1 amide bonds. The predicted molar refractivity (Wildman–Crippen MR) is 97.5 cm³/mol. The summed E-state index contributed by atoms with van der Waals surface area (Å²) in [7, 11) is 3.47. The Balaban J connectivity index is 1.71. The van der Waals surface area contributed by atoms with Crippen LogP contribution in [0.5, 0.6) is 5.75 Å². The fourth-order valence-electron chi connectivity index (χ4n) is 2.31. The van der Waals surface area contributed by atoms with E-state index < -0.39 is 0 Å². The van der Waals surface area contributed by atoms with Gasteiger partial charge in [-0.05, 0) is 42.5 Å². The number of anilines is 3. The Labute approximate surface area is 146 Å². The third kappa shape index (κ3) is 3.92. The molecule has 25 heavy (non-hydrogen) atoms. The van der Waals surface area contributed by atoms with Gasteiger partial charge in [-0.25, -0.2) is 0 Å². The van der Waals surface area contributed by atoms with Crippen LogP contribution in [0.3, 0.4) is 0 Å². The van der Waals surface area contributed by atoms with E-state index in [1.54, 1.807) is 43.5 Å². The van der Waals surface area contributed by atoms with Crippen molar-refractivity contribution in [2.75, 3.05) is 24.4 Å². The number of methoxy groups -OCH3 is 1. The molecule has 0 spiro atoms. The highest BCUT2D eigenvalue weighted by molar-refractivity contribution is 6.04. The van der Waals surface area contributed by atoms with Crippen molar-refractivity contribution in [1.82, 2.24) is 10.2 Å². The first-order valence-corrected chi connectivity index (χ1v) is 7.75. The van der Waals surface area contributed by atoms with Gasteiger partial charge in [-0.2, -0.15) is 0 Å². The Morgan fingerprint density at radius 3 is 2.48 bits per heavy atom. The molecule has 0 bridgehead atoms.